The first kappa shape index (κ1) is 17.5. The molecule has 0 aliphatic heterocycles. The Bertz CT molecular complexity index is 935. The Hall–Kier alpha value is -2.34. The fraction of sp³-hybridized carbons (Fsp3) is 0. The number of aromatic nitrogens is 2. The van der Waals surface area contributed by atoms with Gasteiger partial charge in [0.15, 0.2) is 0 Å². The molecule has 1 amide bonds. The minimum Gasteiger partial charge on any atom is -0.272 e. The largest absolute Gasteiger partial charge is 0.289 e. The lowest BCUT2D eigenvalue weighted by Crippen LogP contribution is -2.17. The number of nitrogens with one attached hydrogen (secondary N) is 2. The predicted molar refractivity (Wildman–Crippen MR) is 101 cm³/mol. The van der Waals surface area contributed by atoms with E-state index in [-0.39, 0.29) is 5.69 Å². The van der Waals surface area contributed by atoms with Crippen molar-refractivity contribution in [1.82, 2.24) is 15.6 Å². The first-order chi connectivity index (χ1) is 12.0. The van der Waals surface area contributed by atoms with Crippen LogP contribution in [0.3, 0.4) is 0 Å². The summed E-state index contributed by atoms with van der Waals surface area (Å²) in [6, 6.07) is 13.8. The first-order valence-corrected chi connectivity index (χ1v) is 8.26. The minimum absolute atomic E-state index is 0.273. The highest BCUT2D eigenvalue weighted by molar-refractivity contribution is 6.42. The molecule has 126 valence electrons. The van der Waals surface area contributed by atoms with Crippen molar-refractivity contribution in [3.8, 4) is 11.3 Å². The lowest BCUT2D eigenvalue weighted by molar-refractivity contribution is 0.0950. The molecule has 0 spiro atoms. The average Bonchev–Trinajstić information content (AvgIpc) is 3.09. The van der Waals surface area contributed by atoms with Crippen LogP contribution in [-0.2, 0) is 0 Å². The molecule has 0 aliphatic carbocycles. The van der Waals surface area contributed by atoms with E-state index in [0.29, 0.717) is 20.8 Å². The fourth-order valence-electron chi connectivity index (χ4n) is 2.02. The van der Waals surface area contributed by atoms with Crippen LogP contribution >= 0.6 is 34.8 Å². The summed E-state index contributed by atoms with van der Waals surface area (Å²) in [7, 11) is 0. The summed E-state index contributed by atoms with van der Waals surface area (Å²) in [5, 5.41) is 12.2. The van der Waals surface area contributed by atoms with Crippen LogP contribution in [0.25, 0.3) is 11.3 Å². The summed E-state index contributed by atoms with van der Waals surface area (Å²) in [6.45, 7) is 0. The van der Waals surface area contributed by atoms with Gasteiger partial charge in [0.1, 0.15) is 5.69 Å². The Kier molecular flexibility index (Phi) is 5.38. The molecule has 8 heteroatoms. The zero-order chi connectivity index (χ0) is 17.8. The maximum atomic E-state index is 12.1. The van der Waals surface area contributed by atoms with Crippen molar-refractivity contribution >= 4 is 46.9 Å². The molecule has 1 heterocycles. The molecular weight excluding hydrogens is 383 g/mol. The van der Waals surface area contributed by atoms with Gasteiger partial charge in [-0.2, -0.15) is 10.2 Å². The highest BCUT2D eigenvalue weighted by Gasteiger charge is 2.11. The second kappa shape index (κ2) is 7.70. The number of hydrazone groups is 1. The topological polar surface area (TPSA) is 70.1 Å². The molecule has 0 bridgehead atoms. The maximum Gasteiger partial charge on any atom is 0.289 e. The summed E-state index contributed by atoms with van der Waals surface area (Å²) in [5.74, 6) is -0.413. The number of halogens is 3. The van der Waals surface area contributed by atoms with Gasteiger partial charge in [0.2, 0.25) is 0 Å². The van der Waals surface area contributed by atoms with Gasteiger partial charge in [-0.05, 0) is 35.9 Å². The number of H-pyrrole nitrogens is 1. The molecule has 1 aromatic heterocycles. The first-order valence-electron chi connectivity index (χ1n) is 7.13. The maximum absolute atomic E-state index is 12.1. The van der Waals surface area contributed by atoms with Crippen molar-refractivity contribution in [3.05, 3.63) is 74.9 Å². The third kappa shape index (κ3) is 4.39. The van der Waals surface area contributed by atoms with Gasteiger partial charge in [0.25, 0.3) is 5.91 Å². The van der Waals surface area contributed by atoms with Gasteiger partial charge in [-0.1, -0.05) is 53.0 Å². The summed E-state index contributed by atoms with van der Waals surface area (Å²) < 4.78 is 0. The van der Waals surface area contributed by atoms with Crippen LogP contribution in [0.5, 0.6) is 0 Å². The monoisotopic (exact) mass is 392 g/mol. The van der Waals surface area contributed by atoms with Crippen LogP contribution in [-0.4, -0.2) is 22.3 Å². The van der Waals surface area contributed by atoms with Crippen molar-refractivity contribution in [2.24, 2.45) is 5.10 Å². The van der Waals surface area contributed by atoms with E-state index in [2.05, 4.69) is 20.7 Å². The van der Waals surface area contributed by atoms with Crippen molar-refractivity contribution in [2.75, 3.05) is 0 Å². The number of benzene rings is 2. The molecule has 25 heavy (non-hydrogen) atoms. The smallest absolute Gasteiger partial charge is 0.272 e. The average molecular weight is 394 g/mol. The van der Waals surface area contributed by atoms with E-state index in [1.54, 1.807) is 48.5 Å². The minimum atomic E-state index is -0.413. The molecular formula is C17H11Cl3N4O. The van der Waals surface area contributed by atoms with Crippen LogP contribution < -0.4 is 5.43 Å². The number of hydrogen-bond acceptors (Lipinski definition) is 3. The van der Waals surface area contributed by atoms with Crippen LogP contribution in [0.2, 0.25) is 15.1 Å². The van der Waals surface area contributed by atoms with Gasteiger partial charge in [-0.15, -0.1) is 0 Å². The third-order valence-electron chi connectivity index (χ3n) is 3.29. The number of nitrogens with zero attached hydrogens (tertiary/aromatic N) is 2. The second-order valence-corrected chi connectivity index (χ2v) is 6.30. The van der Waals surface area contributed by atoms with Crippen LogP contribution in [0.1, 0.15) is 16.1 Å². The summed E-state index contributed by atoms with van der Waals surface area (Å²) in [6.07, 6.45) is 1.52. The molecule has 2 N–H and O–H groups in total. The molecule has 0 unspecified atom stereocenters. The molecule has 0 saturated heterocycles. The number of rotatable bonds is 4. The van der Waals surface area contributed by atoms with E-state index in [1.165, 1.54) is 6.21 Å². The van der Waals surface area contributed by atoms with E-state index in [0.717, 1.165) is 11.1 Å². The zero-order valence-corrected chi connectivity index (χ0v) is 14.9. The Morgan fingerprint density at radius 2 is 1.80 bits per heavy atom. The normalized spacial score (nSPS) is 11.0. The number of carbonyl (C=O) groups excluding carboxylic acids is 1. The zero-order valence-electron chi connectivity index (χ0n) is 12.6. The Labute approximate surface area is 158 Å². The highest BCUT2D eigenvalue weighted by Crippen LogP contribution is 2.27. The van der Waals surface area contributed by atoms with E-state index >= 15 is 0 Å². The van der Waals surface area contributed by atoms with E-state index < -0.39 is 5.91 Å². The molecule has 0 saturated carbocycles. The van der Waals surface area contributed by atoms with Crippen molar-refractivity contribution in [3.63, 3.8) is 0 Å². The van der Waals surface area contributed by atoms with E-state index in [1.807, 2.05) is 0 Å². The molecule has 5 nitrogen and oxygen atoms in total. The lowest BCUT2D eigenvalue weighted by Gasteiger charge is -1.99. The van der Waals surface area contributed by atoms with Crippen molar-refractivity contribution < 1.29 is 4.79 Å². The standard InChI is InChI=1S/C17H11Cl3N4O/c18-12-4-1-10(2-5-12)9-21-24-17(25)16-8-15(22-23-16)11-3-6-13(19)14(20)7-11/h1-9H,(H,22,23)(H,24,25)/b21-9-. The molecule has 0 aliphatic rings. The summed E-state index contributed by atoms with van der Waals surface area (Å²) in [5.41, 5.74) is 4.83. The van der Waals surface area contributed by atoms with Crippen molar-refractivity contribution in [2.45, 2.75) is 0 Å². The van der Waals surface area contributed by atoms with Gasteiger partial charge in [0, 0.05) is 10.6 Å². The molecule has 3 aromatic rings. The summed E-state index contributed by atoms with van der Waals surface area (Å²) in [4.78, 5) is 12.1. The number of hydrogen-bond donors (Lipinski definition) is 2. The quantitative estimate of drug-likeness (QED) is 0.494. The number of carbonyl (C=O) groups is 1. The van der Waals surface area contributed by atoms with Gasteiger partial charge in [0.05, 0.1) is 22.0 Å². The van der Waals surface area contributed by atoms with Gasteiger partial charge >= 0.3 is 0 Å². The Balaban J connectivity index is 1.68. The van der Waals surface area contributed by atoms with Gasteiger partial charge in [-0.25, -0.2) is 5.43 Å². The molecule has 3 rings (SSSR count). The predicted octanol–water partition coefficient (Wildman–Crippen LogP) is 4.80. The molecule has 2 aromatic carbocycles. The van der Waals surface area contributed by atoms with Crippen LogP contribution in [0, 0.1) is 0 Å². The molecule has 0 fully saturated rings. The highest BCUT2D eigenvalue weighted by atomic mass is 35.5. The van der Waals surface area contributed by atoms with Gasteiger partial charge in [-0.3, -0.25) is 9.89 Å². The molecule has 0 atom stereocenters. The third-order valence-corrected chi connectivity index (χ3v) is 4.28. The fourth-order valence-corrected chi connectivity index (χ4v) is 2.44. The van der Waals surface area contributed by atoms with E-state index in [4.69, 9.17) is 34.8 Å². The summed E-state index contributed by atoms with van der Waals surface area (Å²) >= 11 is 17.7. The SMILES string of the molecule is O=C(N/N=C\c1ccc(Cl)cc1)c1cc(-c2ccc(Cl)c(Cl)c2)n[nH]1. The van der Waals surface area contributed by atoms with E-state index in [9.17, 15) is 4.79 Å². The van der Waals surface area contributed by atoms with Gasteiger partial charge < -0.3 is 0 Å². The van der Waals surface area contributed by atoms with Crippen LogP contribution in [0.15, 0.2) is 53.6 Å². The second-order valence-electron chi connectivity index (χ2n) is 5.05. The van der Waals surface area contributed by atoms with Crippen molar-refractivity contribution in [1.29, 1.82) is 0 Å². The molecule has 0 radical (unpaired) electrons. The number of amides is 1. The number of aromatic amines is 1. The Morgan fingerprint density at radius 1 is 1.04 bits per heavy atom. The van der Waals surface area contributed by atoms with Crippen LogP contribution in [0.4, 0.5) is 0 Å². The Morgan fingerprint density at radius 3 is 2.52 bits per heavy atom. The lowest BCUT2D eigenvalue weighted by atomic mass is 10.1.